The van der Waals surface area contributed by atoms with Gasteiger partial charge in [0.25, 0.3) is 0 Å². The van der Waals surface area contributed by atoms with Crippen molar-refractivity contribution in [3.05, 3.63) is 30.3 Å². The lowest BCUT2D eigenvalue weighted by Gasteiger charge is -2.17. The molecule has 0 bridgehead atoms. The summed E-state index contributed by atoms with van der Waals surface area (Å²) in [7, 11) is 0. The van der Waals surface area contributed by atoms with Crippen LogP contribution in [-0.4, -0.2) is 19.0 Å². The SMILES string of the molecule is NC(=O)[C@@H]1CCN(c2ccccc2)C1. The van der Waals surface area contributed by atoms with Crippen LogP contribution in [0.4, 0.5) is 5.69 Å². The van der Waals surface area contributed by atoms with Gasteiger partial charge in [0.15, 0.2) is 0 Å². The molecule has 1 saturated heterocycles. The number of hydrogen-bond acceptors (Lipinski definition) is 2. The minimum atomic E-state index is -0.177. The minimum absolute atomic E-state index is 0.0233. The molecule has 0 aromatic heterocycles. The van der Waals surface area contributed by atoms with Gasteiger partial charge in [0.05, 0.1) is 5.92 Å². The first-order chi connectivity index (χ1) is 6.77. The zero-order valence-corrected chi connectivity index (χ0v) is 8.02. The second-order valence-corrected chi connectivity index (χ2v) is 3.67. The van der Waals surface area contributed by atoms with Crippen molar-refractivity contribution in [1.29, 1.82) is 0 Å². The Kier molecular flexibility index (Phi) is 2.39. The standard InChI is InChI=1S/C11H14N2O/c12-11(14)9-6-7-13(8-9)10-4-2-1-3-5-10/h1-5,9H,6-8H2,(H2,12,14)/t9-/m1/s1. The van der Waals surface area contributed by atoms with Crippen LogP contribution in [0.5, 0.6) is 0 Å². The summed E-state index contributed by atoms with van der Waals surface area (Å²) in [6, 6.07) is 10.1. The maximum atomic E-state index is 11.0. The fourth-order valence-electron chi connectivity index (χ4n) is 1.87. The van der Waals surface area contributed by atoms with Gasteiger partial charge in [0.1, 0.15) is 0 Å². The molecule has 0 spiro atoms. The molecule has 2 N–H and O–H groups in total. The van der Waals surface area contributed by atoms with Crippen molar-refractivity contribution in [3.8, 4) is 0 Å². The van der Waals surface area contributed by atoms with Crippen LogP contribution in [0.2, 0.25) is 0 Å². The number of hydrogen-bond donors (Lipinski definition) is 1. The average Bonchev–Trinajstić information content (AvgIpc) is 2.68. The molecule has 0 saturated carbocycles. The van der Waals surface area contributed by atoms with Gasteiger partial charge in [-0.15, -0.1) is 0 Å². The van der Waals surface area contributed by atoms with Crippen LogP contribution in [0, 0.1) is 5.92 Å². The second kappa shape index (κ2) is 3.70. The average molecular weight is 190 g/mol. The third-order valence-electron chi connectivity index (χ3n) is 2.71. The number of benzene rings is 1. The molecule has 1 aromatic rings. The minimum Gasteiger partial charge on any atom is -0.371 e. The molecule has 1 aromatic carbocycles. The van der Waals surface area contributed by atoms with E-state index in [2.05, 4.69) is 17.0 Å². The zero-order chi connectivity index (χ0) is 9.97. The Balaban J connectivity index is 2.06. The Morgan fingerprint density at radius 2 is 2.07 bits per heavy atom. The summed E-state index contributed by atoms with van der Waals surface area (Å²) < 4.78 is 0. The largest absolute Gasteiger partial charge is 0.371 e. The Bertz CT molecular complexity index is 323. The number of amides is 1. The van der Waals surface area contributed by atoms with Crippen LogP contribution in [0.25, 0.3) is 0 Å². The van der Waals surface area contributed by atoms with Crippen molar-refractivity contribution >= 4 is 11.6 Å². The molecule has 1 amide bonds. The van der Waals surface area contributed by atoms with E-state index in [-0.39, 0.29) is 11.8 Å². The molecule has 0 radical (unpaired) electrons. The molecule has 3 nitrogen and oxygen atoms in total. The van der Waals surface area contributed by atoms with E-state index in [0.29, 0.717) is 0 Å². The Morgan fingerprint density at radius 3 is 2.64 bits per heavy atom. The maximum Gasteiger partial charge on any atom is 0.222 e. The van der Waals surface area contributed by atoms with Crippen molar-refractivity contribution < 1.29 is 4.79 Å². The summed E-state index contributed by atoms with van der Waals surface area (Å²) in [5.41, 5.74) is 6.45. The van der Waals surface area contributed by atoms with E-state index in [4.69, 9.17) is 5.73 Å². The molecule has 0 aliphatic carbocycles. The predicted octanol–water partition coefficient (Wildman–Crippen LogP) is 0.998. The molecule has 14 heavy (non-hydrogen) atoms. The van der Waals surface area contributed by atoms with Crippen molar-refractivity contribution in [3.63, 3.8) is 0 Å². The first kappa shape index (κ1) is 9.06. The molecule has 1 aliphatic rings. The van der Waals surface area contributed by atoms with Gasteiger partial charge < -0.3 is 10.6 Å². The molecule has 0 unspecified atom stereocenters. The van der Waals surface area contributed by atoms with Crippen LogP contribution in [0.1, 0.15) is 6.42 Å². The van der Waals surface area contributed by atoms with Gasteiger partial charge in [0.2, 0.25) is 5.91 Å². The number of nitrogens with zero attached hydrogens (tertiary/aromatic N) is 1. The highest BCUT2D eigenvalue weighted by molar-refractivity contribution is 5.78. The number of para-hydroxylation sites is 1. The van der Waals surface area contributed by atoms with E-state index >= 15 is 0 Å². The number of carbonyl (C=O) groups is 1. The first-order valence-corrected chi connectivity index (χ1v) is 4.86. The second-order valence-electron chi connectivity index (χ2n) is 3.67. The molecule has 3 heteroatoms. The van der Waals surface area contributed by atoms with Gasteiger partial charge >= 0.3 is 0 Å². The number of primary amides is 1. The summed E-state index contributed by atoms with van der Waals surface area (Å²) in [5, 5.41) is 0. The third-order valence-corrected chi connectivity index (χ3v) is 2.71. The Morgan fingerprint density at radius 1 is 1.36 bits per heavy atom. The highest BCUT2D eigenvalue weighted by atomic mass is 16.1. The molecule has 1 heterocycles. The fraction of sp³-hybridized carbons (Fsp3) is 0.364. The van der Waals surface area contributed by atoms with Crippen molar-refractivity contribution in [2.24, 2.45) is 11.7 Å². The quantitative estimate of drug-likeness (QED) is 0.756. The number of rotatable bonds is 2. The van der Waals surface area contributed by atoms with Gasteiger partial charge in [-0.1, -0.05) is 18.2 Å². The van der Waals surface area contributed by atoms with E-state index in [1.54, 1.807) is 0 Å². The first-order valence-electron chi connectivity index (χ1n) is 4.86. The normalized spacial score (nSPS) is 21.1. The number of carbonyl (C=O) groups excluding carboxylic acids is 1. The summed E-state index contributed by atoms with van der Waals surface area (Å²) in [5.74, 6) is -0.154. The predicted molar refractivity (Wildman–Crippen MR) is 56.0 cm³/mol. The summed E-state index contributed by atoms with van der Waals surface area (Å²) >= 11 is 0. The van der Waals surface area contributed by atoms with E-state index < -0.39 is 0 Å². The van der Waals surface area contributed by atoms with E-state index in [1.165, 1.54) is 5.69 Å². The summed E-state index contributed by atoms with van der Waals surface area (Å²) in [6.45, 7) is 1.69. The van der Waals surface area contributed by atoms with Gasteiger partial charge in [0, 0.05) is 18.8 Å². The Hall–Kier alpha value is -1.51. The fourth-order valence-corrected chi connectivity index (χ4v) is 1.87. The van der Waals surface area contributed by atoms with Gasteiger partial charge in [-0.05, 0) is 18.6 Å². The lowest BCUT2D eigenvalue weighted by Crippen LogP contribution is -2.27. The van der Waals surface area contributed by atoms with Crippen LogP contribution in [0.3, 0.4) is 0 Å². The topological polar surface area (TPSA) is 46.3 Å². The molecule has 1 fully saturated rings. The van der Waals surface area contributed by atoms with Crippen molar-refractivity contribution in [1.82, 2.24) is 0 Å². The van der Waals surface area contributed by atoms with Gasteiger partial charge in [-0.25, -0.2) is 0 Å². The highest BCUT2D eigenvalue weighted by Gasteiger charge is 2.26. The third kappa shape index (κ3) is 1.71. The molecule has 1 atom stereocenters. The number of nitrogens with two attached hydrogens (primary N) is 1. The smallest absolute Gasteiger partial charge is 0.222 e. The lowest BCUT2D eigenvalue weighted by atomic mass is 10.1. The molecular formula is C11H14N2O. The van der Waals surface area contributed by atoms with Crippen LogP contribution < -0.4 is 10.6 Å². The molecular weight excluding hydrogens is 176 g/mol. The maximum absolute atomic E-state index is 11.0. The van der Waals surface area contributed by atoms with Crippen LogP contribution in [-0.2, 0) is 4.79 Å². The van der Waals surface area contributed by atoms with E-state index in [9.17, 15) is 4.79 Å². The van der Waals surface area contributed by atoms with E-state index in [1.807, 2.05) is 18.2 Å². The van der Waals surface area contributed by atoms with Crippen LogP contribution >= 0.6 is 0 Å². The Labute approximate surface area is 83.5 Å². The van der Waals surface area contributed by atoms with Crippen LogP contribution in [0.15, 0.2) is 30.3 Å². The monoisotopic (exact) mass is 190 g/mol. The zero-order valence-electron chi connectivity index (χ0n) is 8.02. The van der Waals surface area contributed by atoms with Gasteiger partial charge in [-0.3, -0.25) is 4.79 Å². The summed E-state index contributed by atoms with van der Waals surface area (Å²) in [4.78, 5) is 13.2. The van der Waals surface area contributed by atoms with Crippen molar-refractivity contribution in [2.45, 2.75) is 6.42 Å². The van der Waals surface area contributed by atoms with Gasteiger partial charge in [-0.2, -0.15) is 0 Å². The van der Waals surface area contributed by atoms with E-state index in [0.717, 1.165) is 19.5 Å². The summed E-state index contributed by atoms with van der Waals surface area (Å²) in [6.07, 6.45) is 0.879. The number of anilines is 1. The lowest BCUT2D eigenvalue weighted by molar-refractivity contribution is -0.121. The van der Waals surface area contributed by atoms with Crippen molar-refractivity contribution in [2.75, 3.05) is 18.0 Å². The molecule has 1 aliphatic heterocycles. The molecule has 74 valence electrons. The molecule has 2 rings (SSSR count). The highest BCUT2D eigenvalue weighted by Crippen LogP contribution is 2.22.